The second-order valence-corrected chi connectivity index (χ2v) is 3.45. The van der Waals surface area contributed by atoms with Gasteiger partial charge in [0.05, 0.1) is 19.3 Å². The van der Waals surface area contributed by atoms with E-state index in [0.29, 0.717) is 0 Å². The highest BCUT2D eigenvalue weighted by atomic mass is 16.4. The van der Waals surface area contributed by atoms with E-state index in [2.05, 4.69) is 0 Å². The summed E-state index contributed by atoms with van der Waals surface area (Å²) >= 11 is 0. The van der Waals surface area contributed by atoms with Gasteiger partial charge in [-0.2, -0.15) is 0 Å². The van der Waals surface area contributed by atoms with Gasteiger partial charge in [-0.15, -0.1) is 0 Å². The third kappa shape index (κ3) is 11.8. The van der Waals surface area contributed by atoms with E-state index in [1.165, 1.54) is 0 Å². The lowest BCUT2D eigenvalue weighted by molar-refractivity contribution is -0.159. The molecule has 0 bridgehead atoms. The highest BCUT2D eigenvalue weighted by Crippen LogP contribution is 2.05. The molecule has 0 rings (SSSR count). The van der Waals surface area contributed by atoms with Crippen LogP contribution in [0.5, 0.6) is 0 Å². The van der Waals surface area contributed by atoms with Gasteiger partial charge in [0.25, 0.3) is 5.78 Å². The summed E-state index contributed by atoms with van der Waals surface area (Å²) < 4.78 is 0. The zero-order chi connectivity index (χ0) is 17.2. The van der Waals surface area contributed by atoms with Crippen molar-refractivity contribution in [1.82, 2.24) is 0 Å². The average Bonchev–Trinajstić information content (AvgIpc) is 2.32. The second kappa shape index (κ2) is 9.89. The Bertz CT molecular complexity index is 436. The zero-order valence-corrected chi connectivity index (χ0v) is 10.4. The molecule has 1 atom stereocenters. The summed E-state index contributed by atoms with van der Waals surface area (Å²) in [6, 6.07) is 0. The molecule has 0 saturated carbocycles. The van der Waals surface area contributed by atoms with E-state index in [1.54, 1.807) is 0 Å². The maximum absolute atomic E-state index is 10.6. The van der Waals surface area contributed by atoms with Crippen LogP contribution in [0.25, 0.3) is 0 Å². The van der Waals surface area contributed by atoms with E-state index < -0.39 is 48.0 Å². The number of carbonyl (C=O) groups is 6. The van der Waals surface area contributed by atoms with Gasteiger partial charge in [0.1, 0.15) is 5.92 Å². The number of rotatable bonds is 8. The fourth-order valence-corrected chi connectivity index (χ4v) is 0.830. The molecule has 0 aromatic heterocycles. The first-order valence-electron chi connectivity index (χ1n) is 5.14. The topological polar surface area (TPSA) is 204 Å². The van der Waals surface area contributed by atoms with Crippen LogP contribution in [0.1, 0.15) is 19.3 Å². The van der Waals surface area contributed by atoms with E-state index in [4.69, 9.17) is 25.5 Å². The molecule has 5 N–H and O–H groups in total. The molecule has 11 heteroatoms. The van der Waals surface area contributed by atoms with Crippen LogP contribution in [0.2, 0.25) is 0 Å². The van der Waals surface area contributed by atoms with Crippen LogP contribution in [-0.4, -0.2) is 61.2 Å². The predicted molar refractivity (Wildman–Crippen MR) is 60.5 cm³/mol. The Hall–Kier alpha value is -2.98. The Morgan fingerprint density at radius 3 is 1.24 bits per heavy atom. The summed E-state index contributed by atoms with van der Waals surface area (Å²) in [4.78, 5) is 60.1. The van der Waals surface area contributed by atoms with Crippen LogP contribution in [0, 0.1) is 5.92 Å². The lowest BCUT2D eigenvalue weighted by Crippen LogP contribution is -2.31. The lowest BCUT2D eigenvalue weighted by atomic mass is 10.0. The molecular weight excluding hydrogens is 296 g/mol. The van der Waals surface area contributed by atoms with E-state index in [1.807, 2.05) is 0 Å². The summed E-state index contributed by atoms with van der Waals surface area (Å²) in [6.45, 7) is 0. The first-order chi connectivity index (χ1) is 9.48. The summed E-state index contributed by atoms with van der Waals surface area (Å²) in [7, 11) is 0. The van der Waals surface area contributed by atoms with E-state index in [9.17, 15) is 28.8 Å². The van der Waals surface area contributed by atoms with Crippen molar-refractivity contribution in [2.45, 2.75) is 19.3 Å². The minimum atomic E-state index is -2.02. The minimum absolute atomic E-state index is 0.296. The van der Waals surface area contributed by atoms with Crippen LogP contribution >= 0.6 is 0 Å². The highest BCUT2D eigenvalue weighted by Gasteiger charge is 2.33. The highest BCUT2D eigenvalue weighted by molar-refractivity contribution is 6.37. The van der Waals surface area contributed by atoms with Gasteiger partial charge in [0.2, 0.25) is 0 Å². The van der Waals surface area contributed by atoms with Crippen molar-refractivity contribution in [3.8, 4) is 0 Å². The molecule has 0 heterocycles. The van der Waals surface area contributed by atoms with Gasteiger partial charge in [-0.3, -0.25) is 24.0 Å². The number of carboxylic acid groups (broad SMARTS) is 5. The van der Waals surface area contributed by atoms with Crippen LogP contribution in [0.3, 0.4) is 0 Å². The molecule has 118 valence electrons. The summed E-state index contributed by atoms with van der Waals surface area (Å²) in [5.41, 5.74) is 0. The van der Waals surface area contributed by atoms with E-state index in [-0.39, 0.29) is 12.8 Å². The fraction of sp³-hybridized carbons (Fsp3) is 0.400. The van der Waals surface area contributed by atoms with Crippen molar-refractivity contribution >= 4 is 35.6 Å². The molecule has 0 spiro atoms. The van der Waals surface area contributed by atoms with Crippen molar-refractivity contribution < 1.29 is 54.3 Å². The van der Waals surface area contributed by atoms with Gasteiger partial charge in [0, 0.05) is 0 Å². The number of carbonyl (C=O) groups excluding carboxylic acids is 1. The average molecular weight is 308 g/mol. The van der Waals surface area contributed by atoms with Crippen molar-refractivity contribution in [2.75, 3.05) is 0 Å². The second-order valence-electron chi connectivity index (χ2n) is 3.45. The summed E-state index contributed by atoms with van der Waals surface area (Å²) in [6.07, 6.45) is -1.62. The van der Waals surface area contributed by atoms with Crippen LogP contribution in [-0.2, 0) is 28.8 Å². The monoisotopic (exact) mass is 308 g/mol. The Morgan fingerprint density at radius 1 is 0.667 bits per heavy atom. The van der Waals surface area contributed by atoms with Gasteiger partial charge in [0.15, 0.2) is 0 Å². The predicted octanol–water partition coefficient (Wildman–Crippen LogP) is -1.25. The third-order valence-electron chi connectivity index (χ3n) is 1.76. The van der Waals surface area contributed by atoms with Crippen LogP contribution in [0.15, 0.2) is 0 Å². The maximum atomic E-state index is 10.6. The van der Waals surface area contributed by atoms with Gasteiger partial charge >= 0.3 is 29.8 Å². The van der Waals surface area contributed by atoms with Crippen molar-refractivity contribution in [3.05, 3.63) is 0 Å². The van der Waals surface area contributed by atoms with Gasteiger partial charge in [-0.05, 0) is 0 Å². The van der Waals surface area contributed by atoms with Gasteiger partial charge in [-0.25, -0.2) is 4.79 Å². The largest absolute Gasteiger partial charge is 0.481 e. The maximum Gasteiger partial charge on any atom is 0.373 e. The van der Waals surface area contributed by atoms with E-state index >= 15 is 0 Å². The molecule has 0 aliphatic rings. The fourth-order valence-electron chi connectivity index (χ4n) is 0.830. The first-order valence-corrected chi connectivity index (χ1v) is 5.14. The van der Waals surface area contributed by atoms with Gasteiger partial charge < -0.3 is 25.5 Å². The van der Waals surface area contributed by atoms with Crippen LogP contribution in [0.4, 0.5) is 0 Å². The van der Waals surface area contributed by atoms with Crippen molar-refractivity contribution in [3.63, 3.8) is 0 Å². The quantitative estimate of drug-likeness (QED) is 0.264. The first kappa shape index (κ1) is 20.3. The van der Waals surface area contributed by atoms with Crippen LogP contribution < -0.4 is 0 Å². The molecule has 0 saturated heterocycles. The molecule has 21 heavy (non-hydrogen) atoms. The smallest absolute Gasteiger partial charge is 0.373 e. The molecule has 0 aromatic carbocycles. The van der Waals surface area contributed by atoms with Gasteiger partial charge in [-0.1, -0.05) is 0 Å². The number of hydrogen-bond acceptors (Lipinski definition) is 6. The van der Waals surface area contributed by atoms with Crippen molar-refractivity contribution in [2.24, 2.45) is 5.92 Å². The third-order valence-corrected chi connectivity index (χ3v) is 1.76. The SMILES string of the molecule is O=C(O)CC(C(=O)O)C(=O)C(=O)O.O=C(O)CCC(=O)O. The molecular formula is C10H12O11. The molecule has 11 nitrogen and oxygen atoms in total. The molecule has 0 amide bonds. The standard InChI is InChI=1S/C6H6O7.C4H6O4/c7-3(8)1-2(5(10)11)4(9)6(12)13;5-3(6)1-2-4(7)8/h2H,1H2,(H,7,8)(H,10,11)(H,12,13);1-2H2,(H,5,6)(H,7,8). The summed E-state index contributed by atoms with van der Waals surface area (Å²) in [5.74, 6) is -11.0. The number of aliphatic carboxylic acids is 5. The molecule has 0 fully saturated rings. The van der Waals surface area contributed by atoms with Crippen molar-refractivity contribution in [1.29, 1.82) is 0 Å². The minimum Gasteiger partial charge on any atom is -0.481 e. The Labute approximate surface area is 116 Å². The molecule has 1 unspecified atom stereocenters. The lowest BCUT2D eigenvalue weighted by Gasteiger charge is -2.03. The molecule has 0 aliphatic carbocycles. The molecule has 0 aliphatic heterocycles. The zero-order valence-electron chi connectivity index (χ0n) is 10.4. The number of Topliss-reactive ketones (excluding diaryl/α,β-unsaturated/α-hetero) is 1. The Kier molecular flexibility index (Phi) is 9.58. The number of ketones is 1. The summed E-state index contributed by atoms with van der Waals surface area (Å²) in [5, 5.41) is 40.4. The Balaban J connectivity index is 0. The number of carboxylic acids is 5. The Morgan fingerprint density at radius 2 is 1.05 bits per heavy atom. The molecule has 0 aromatic rings. The van der Waals surface area contributed by atoms with E-state index in [0.717, 1.165) is 0 Å². The normalized spacial score (nSPS) is 10.5. The molecule has 0 radical (unpaired) electrons. The number of hydrogen-bond donors (Lipinski definition) is 5.